The first-order chi connectivity index (χ1) is 5.15. The summed E-state index contributed by atoms with van der Waals surface area (Å²) in [6.07, 6.45) is -0.935. The van der Waals surface area contributed by atoms with Crippen molar-refractivity contribution in [2.24, 2.45) is 11.8 Å². The minimum absolute atomic E-state index is 0.166. The predicted molar refractivity (Wildman–Crippen MR) is 49.3 cm³/mol. The SMILES string of the molecule is CC1CC(O)OC(O)C1CI. The van der Waals surface area contributed by atoms with Gasteiger partial charge in [0, 0.05) is 16.8 Å². The fraction of sp³-hybridized carbons (Fsp3) is 1.00. The Labute approximate surface area is 79.9 Å². The van der Waals surface area contributed by atoms with Crippen LogP contribution >= 0.6 is 22.6 Å². The van der Waals surface area contributed by atoms with E-state index in [-0.39, 0.29) is 5.92 Å². The van der Waals surface area contributed by atoms with Crippen LogP contribution in [0.2, 0.25) is 0 Å². The summed E-state index contributed by atoms with van der Waals surface area (Å²) in [5.41, 5.74) is 0. The number of ether oxygens (including phenoxy) is 1. The van der Waals surface area contributed by atoms with Gasteiger partial charge in [-0.25, -0.2) is 0 Å². The zero-order valence-corrected chi connectivity index (χ0v) is 8.56. The molecule has 0 spiro atoms. The summed E-state index contributed by atoms with van der Waals surface area (Å²) in [7, 11) is 0. The normalized spacial score (nSPS) is 45.8. The number of rotatable bonds is 1. The highest BCUT2D eigenvalue weighted by atomic mass is 127. The lowest BCUT2D eigenvalue weighted by molar-refractivity contribution is -0.262. The summed E-state index contributed by atoms with van der Waals surface area (Å²) in [5.74, 6) is 0.504. The third-order valence-electron chi connectivity index (χ3n) is 2.15. The molecule has 1 heterocycles. The highest BCUT2D eigenvalue weighted by molar-refractivity contribution is 14.1. The monoisotopic (exact) mass is 272 g/mol. The Kier molecular flexibility index (Phi) is 3.54. The quantitative estimate of drug-likeness (QED) is 0.546. The lowest BCUT2D eigenvalue weighted by Crippen LogP contribution is -2.40. The molecular formula is C7H13IO3. The van der Waals surface area contributed by atoms with Gasteiger partial charge in [-0.15, -0.1) is 0 Å². The molecule has 1 fully saturated rings. The Bertz CT molecular complexity index is 119. The van der Waals surface area contributed by atoms with Crippen LogP contribution in [-0.4, -0.2) is 27.2 Å². The van der Waals surface area contributed by atoms with Crippen LogP contribution in [0.3, 0.4) is 0 Å². The number of aliphatic hydroxyl groups is 2. The van der Waals surface area contributed by atoms with E-state index in [2.05, 4.69) is 22.6 Å². The van der Waals surface area contributed by atoms with Crippen molar-refractivity contribution in [1.82, 2.24) is 0 Å². The second-order valence-electron chi connectivity index (χ2n) is 3.01. The zero-order valence-electron chi connectivity index (χ0n) is 6.40. The lowest BCUT2D eigenvalue weighted by Gasteiger charge is -2.34. The van der Waals surface area contributed by atoms with Gasteiger partial charge in [-0.3, -0.25) is 0 Å². The zero-order chi connectivity index (χ0) is 8.43. The Morgan fingerprint density at radius 1 is 1.55 bits per heavy atom. The Morgan fingerprint density at radius 2 is 2.18 bits per heavy atom. The van der Waals surface area contributed by atoms with Crippen LogP contribution in [0.15, 0.2) is 0 Å². The molecule has 0 saturated carbocycles. The van der Waals surface area contributed by atoms with Crippen molar-refractivity contribution in [3.63, 3.8) is 0 Å². The fourth-order valence-electron chi connectivity index (χ4n) is 1.32. The molecule has 1 saturated heterocycles. The van der Waals surface area contributed by atoms with Gasteiger partial charge in [-0.1, -0.05) is 29.5 Å². The van der Waals surface area contributed by atoms with E-state index in [1.807, 2.05) is 6.92 Å². The summed E-state index contributed by atoms with van der Waals surface area (Å²) in [4.78, 5) is 0. The Morgan fingerprint density at radius 3 is 2.64 bits per heavy atom. The minimum Gasteiger partial charge on any atom is -0.368 e. The summed E-state index contributed by atoms with van der Waals surface area (Å²) >= 11 is 2.22. The van der Waals surface area contributed by atoms with E-state index in [9.17, 15) is 5.11 Å². The van der Waals surface area contributed by atoms with Gasteiger partial charge in [0.25, 0.3) is 0 Å². The van der Waals surface area contributed by atoms with Gasteiger partial charge < -0.3 is 14.9 Å². The maximum atomic E-state index is 9.32. The van der Waals surface area contributed by atoms with Crippen molar-refractivity contribution in [3.8, 4) is 0 Å². The molecule has 0 aromatic rings. The molecule has 4 unspecified atom stereocenters. The maximum absolute atomic E-state index is 9.32. The molecule has 0 bridgehead atoms. The van der Waals surface area contributed by atoms with Crippen LogP contribution in [0.25, 0.3) is 0 Å². The van der Waals surface area contributed by atoms with E-state index >= 15 is 0 Å². The van der Waals surface area contributed by atoms with Gasteiger partial charge in [0.05, 0.1) is 0 Å². The van der Waals surface area contributed by atoms with Crippen LogP contribution in [0.5, 0.6) is 0 Å². The van der Waals surface area contributed by atoms with Gasteiger partial charge in [-0.2, -0.15) is 0 Å². The summed E-state index contributed by atoms with van der Waals surface area (Å²) < 4.78 is 5.73. The van der Waals surface area contributed by atoms with Crippen molar-refractivity contribution in [2.45, 2.75) is 25.9 Å². The van der Waals surface area contributed by atoms with Crippen molar-refractivity contribution in [3.05, 3.63) is 0 Å². The van der Waals surface area contributed by atoms with Crippen molar-refractivity contribution in [1.29, 1.82) is 0 Å². The van der Waals surface area contributed by atoms with Crippen LogP contribution in [0.4, 0.5) is 0 Å². The molecule has 0 aliphatic carbocycles. The van der Waals surface area contributed by atoms with Crippen LogP contribution in [0, 0.1) is 11.8 Å². The molecule has 1 aliphatic rings. The average Bonchev–Trinajstić information content (AvgIpc) is 1.85. The number of alkyl halides is 1. The molecule has 0 radical (unpaired) electrons. The van der Waals surface area contributed by atoms with E-state index < -0.39 is 12.6 Å². The Balaban J connectivity index is 2.52. The second-order valence-corrected chi connectivity index (χ2v) is 3.89. The lowest BCUT2D eigenvalue weighted by atomic mass is 9.90. The van der Waals surface area contributed by atoms with Gasteiger partial charge in [0.15, 0.2) is 12.6 Å². The van der Waals surface area contributed by atoms with Gasteiger partial charge in [0.2, 0.25) is 0 Å². The third-order valence-corrected chi connectivity index (χ3v) is 3.16. The molecule has 11 heavy (non-hydrogen) atoms. The first-order valence-corrected chi connectivity index (χ1v) is 5.25. The minimum atomic E-state index is -0.786. The number of halogens is 1. The number of hydrogen-bond donors (Lipinski definition) is 2. The molecule has 2 N–H and O–H groups in total. The molecule has 66 valence electrons. The average molecular weight is 272 g/mol. The van der Waals surface area contributed by atoms with E-state index in [1.165, 1.54) is 0 Å². The van der Waals surface area contributed by atoms with Crippen molar-refractivity contribution >= 4 is 22.6 Å². The van der Waals surface area contributed by atoms with E-state index in [0.29, 0.717) is 12.3 Å². The van der Waals surface area contributed by atoms with Gasteiger partial charge in [-0.05, 0) is 5.92 Å². The molecule has 4 atom stereocenters. The highest BCUT2D eigenvalue weighted by Gasteiger charge is 2.33. The van der Waals surface area contributed by atoms with E-state index in [1.54, 1.807) is 0 Å². The fourth-order valence-corrected chi connectivity index (χ4v) is 2.62. The molecular weight excluding hydrogens is 259 g/mol. The molecule has 3 nitrogen and oxygen atoms in total. The van der Waals surface area contributed by atoms with E-state index in [4.69, 9.17) is 9.84 Å². The molecule has 0 amide bonds. The molecule has 1 rings (SSSR count). The standard InChI is InChI=1S/C7H13IO3/c1-4-2-6(9)11-7(10)5(4)3-8/h4-7,9-10H,2-3H2,1H3. The Hall–Kier alpha value is 0.610. The van der Waals surface area contributed by atoms with Crippen LogP contribution < -0.4 is 0 Å². The first kappa shape index (κ1) is 9.70. The van der Waals surface area contributed by atoms with Gasteiger partial charge in [0.1, 0.15) is 0 Å². The van der Waals surface area contributed by atoms with Gasteiger partial charge >= 0.3 is 0 Å². The summed E-state index contributed by atoms with van der Waals surface area (Å²) in [6, 6.07) is 0. The third kappa shape index (κ3) is 2.27. The molecule has 1 aliphatic heterocycles. The van der Waals surface area contributed by atoms with Crippen molar-refractivity contribution in [2.75, 3.05) is 4.43 Å². The molecule has 0 aromatic heterocycles. The second kappa shape index (κ2) is 4.02. The largest absolute Gasteiger partial charge is 0.368 e. The van der Waals surface area contributed by atoms with E-state index in [0.717, 1.165) is 4.43 Å². The molecule has 4 heteroatoms. The smallest absolute Gasteiger partial charge is 0.161 e. The van der Waals surface area contributed by atoms with Crippen molar-refractivity contribution < 1.29 is 14.9 Å². The first-order valence-electron chi connectivity index (χ1n) is 3.72. The number of hydrogen-bond acceptors (Lipinski definition) is 3. The van der Waals surface area contributed by atoms with Crippen LogP contribution in [0.1, 0.15) is 13.3 Å². The summed E-state index contributed by atoms with van der Waals surface area (Å²) in [6.45, 7) is 2.03. The topological polar surface area (TPSA) is 49.7 Å². The summed E-state index contributed by atoms with van der Waals surface area (Å²) in [5, 5.41) is 18.4. The number of aliphatic hydroxyl groups excluding tert-OH is 2. The highest BCUT2D eigenvalue weighted by Crippen LogP contribution is 2.29. The van der Waals surface area contributed by atoms with Crippen LogP contribution in [-0.2, 0) is 4.74 Å². The predicted octanol–water partition coefficient (Wildman–Crippen LogP) is 0.731. The molecule has 0 aromatic carbocycles. The maximum Gasteiger partial charge on any atom is 0.161 e.